The van der Waals surface area contributed by atoms with Crippen molar-refractivity contribution >= 4 is 23.1 Å². The Morgan fingerprint density at radius 1 is 1.21 bits per heavy atom. The van der Waals surface area contributed by atoms with Crippen LogP contribution in [0.5, 0.6) is 0 Å². The van der Waals surface area contributed by atoms with Crippen LogP contribution in [0.2, 0.25) is 0 Å². The Labute approximate surface area is 144 Å². The number of aryl methyl sites for hydroxylation is 1. The van der Waals surface area contributed by atoms with Gasteiger partial charge in [0.2, 0.25) is 0 Å². The van der Waals surface area contributed by atoms with E-state index in [-0.39, 0.29) is 5.91 Å². The average Bonchev–Trinajstić information content (AvgIpc) is 3.33. The van der Waals surface area contributed by atoms with Gasteiger partial charge in [0.25, 0.3) is 5.91 Å². The zero-order valence-corrected chi connectivity index (χ0v) is 14.1. The topological polar surface area (TPSA) is 54.9 Å². The minimum absolute atomic E-state index is 0.0935. The maximum atomic E-state index is 12.8. The van der Waals surface area contributed by atoms with Crippen molar-refractivity contribution in [1.29, 1.82) is 0 Å². The first-order valence-corrected chi connectivity index (χ1v) is 8.77. The van der Waals surface area contributed by atoms with Gasteiger partial charge in [0.1, 0.15) is 4.88 Å². The summed E-state index contributed by atoms with van der Waals surface area (Å²) >= 11 is 1.29. The van der Waals surface area contributed by atoms with Gasteiger partial charge in [-0.15, -0.1) is 0 Å². The predicted molar refractivity (Wildman–Crippen MR) is 96.5 cm³/mol. The maximum Gasteiger partial charge on any atom is 0.267 e. The number of hydrogen-bond donors (Lipinski definition) is 1. The third-order valence-electron chi connectivity index (χ3n) is 4.10. The number of benzene rings is 1. The molecule has 1 amide bonds. The van der Waals surface area contributed by atoms with Crippen LogP contribution in [0.25, 0.3) is 11.3 Å². The fourth-order valence-electron chi connectivity index (χ4n) is 2.83. The number of amides is 1. The molecule has 0 atom stereocenters. The molecule has 1 aliphatic rings. The highest BCUT2D eigenvalue weighted by molar-refractivity contribution is 7.08. The van der Waals surface area contributed by atoms with Gasteiger partial charge in [0, 0.05) is 17.3 Å². The fourth-order valence-corrected chi connectivity index (χ4v) is 3.71. The number of nitrogens with one attached hydrogen (secondary N) is 1. The van der Waals surface area contributed by atoms with Crippen LogP contribution in [0.4, 0.5) is 5.69 Å². The summed E-state index contributed by atoms with van der Waals surface area (Å²) in [5.74, 6) is 0.360. The molecule has 2 aromatic heterocycles. The summed E-state index contributed by atoms with van der Waals surface area (Å²) in [5, 5.41) is 2.96. The molecule has 0 bridgehead atoms. The lowest BCUT2D eigenvalue weighted by Crippen LogP contribution is -2.12. The second-order valence-corrected chi connectivity index (χ2v) is 6.89. The summed E-state index contributed by atoms with van der Waals surface area (Å²) in [5.41, 5.74) is 4.87. The molecule has 1 aromatic carbocycles. The van der Waals surface area contributed by atoms with Crippen molar-refractivity contribution in [3.05, 3.63) is 64.8 Å². The molecule has 4 nitrogen and oxygen atoms in total. The Morgan fingerprint density at radius 3 is 2.71 bits per heavy atom. The summed E-state index contributed by atoms with van der Waals surface area (Å²) in [6, 6.07) is 12.0. The average molecular weight is 335 g/mol. The number of aromatic nitrogens is 2. The Hall–Kier alpha value is -2.53. The van der Waals surface area contributed by atoms with E-state index in [4.69, 9.17) is 0 Å². The van der Waals surface area contributed by atoms with Gasteiger partial charge in [-0.25, -0.2) is 0 Å². The van der Waals surface area contributed by atoms with Gasteiger partial charge in [-0.2, -0.15) is 4.37 Å². The molecule has 1 saturated carbocycles. The molecular formula is C19H17N3OS. The lowest BCUT2D eigenvalue weighted by molar-refractivity contribution is 0.102. The number of pyridine rings is 1. The fraction of sp³-hybridized carbons (Fsp3) is 0.211. The van der Waals surface area contributed by atoms with Gasteiger partial charge >= 0.3 is 0 Å². The molecule has 3 aromatic rings. The lowest BCUT2D eigenvalue weighted by atomic mass is 10.0. The first-order valence-electron chi connectivity index (χ1n) is 8.00. The van der Waals surface area contributed by atoms with E-state index in [2.05, 4.69) is 14.7 Å². The molecule has 0 spiro atoms. The quantitative estimate of drug-likeness (QED) is 0.755. The van der Waals surface area contributed by atoms with Crippen LogP contribution in [0.15, 0.2) is 48.8 Å². The van der Waals surface area contributed by atoms with Gasteiger partial charge in [-0.3, -0.25) is 9.78 Å². The Balaban J connectivity index is 1.68. The normalized spacial score (nSPS) is 13.7. The van der Waals surface area contributed by atoms with Crippen LogP contribution in [0, 0.1) is 6.92 Å². The molecule has 1 fully saturated rings. The molecular weight excluding hydrogens is 318 g/mol. The van der Waals surface area contributed by atoms with Crippen LogP contribution in [-0.4, -0.2) is 15.3 Å². The molecule has 0 saturated heterocycles. The van der Waals surface area contributed by atoms with E-state index >= 15 is 0 Å². The van der Waals surface area contributed by atoms with Crippen molar-refractivity contribution in [2.24, 2.45) is 0 Å². The van der Waals surface area contributed by atoms with Gasteiger partial charge < -0.3 is 5.32 Å². The Kier molecular flexibility index (Phi) is 3.86. The van der Waals surface area contributed by atoms with Crippen molar-refractivity contribution in [3.8, 4) is 11.3 Å². The predicted octanol–water partition coefficient (Wildman–Crippen LogP) is 4.64. The second kappa shape index (κ2) is 6.17. The van der Waals surface area contributed by atoms with Crippen molar-refractivity contribution < 1.29 is 4.79 Å². The number of carbonyl (C=O) groups is 1. The molecule has 120 valence electrons. The standard InChI is InChI=1S/C19H17N3OS/c1-12-9-15(11-20-10-12)21-19(23)18-16(13-7-8-13)17(22-24-18)14-5-3-2-4-6-14/h2-6,9-11,13H,7-8H2,1H3,(H,21,23). The van der Waals surface area contributed by atoms with Crippen molar-refractivity contribution in [1.82, 2.24) is 9.36 Å². The minimum Gasteiger partial charge on any atom is -0.320 e. The van der Waals surface area contributed by atoms with E-state index in [1.165, 1.54) is 11.5 Å². The molecule has 0 aliphatic heterocycles. The van der Waals surface area contributed by atoms with Crippen LogP contribution in [0.3, 0.4) is 0 Å². The number of carbonyl (C=O) groups excluding carboxylic acids is 1. The highest BCUT2D eigenvalue weighted by atomic mass is 32.1. The van der Waals surface area contributed by atoms with Gasteiger partial charge in [-0.1, -0.05) is 30.3 Å². The van der Waals surface area contributed by atoms with E-state index < -0.39 is 0 Å². The summed E-state index contributed by atoms with van der Waals surface area (Å²) in [4.78, 5) is 17.6. The van der Waals surface area contributed by atoms with E-state index in [1.54, 1.807) is 12.4 Å². The van der Waals surface area contributed by atoms with Gasteiger partial charge in [-0.05, 0) is 48.8 Å². The van der Waals surface area contributed by atoms with E-state index in [1.807, 2.05) is 43.3 Å². The first-order chi connectivity index (χ1) is 11.7. The van der Waals surface area contributed by atoms with Crippen LogP contribution in [-0.2, 0) is 0 Å². The summed E-state index contributed by atoms with van der Waals surface area (Å²) in [6.45, 7) is 1.96. The first kappa shape index (κ1) is 15.0. The zero-order valence-electron chi connectivity index (χ0n) is 13.3. The molecule has 5 heteroatoms. The van der Waals surface area contributed by atoms with Crippen LogP contribution < -0.4 is 5.32 Å². The molecule has 4 rings (SSSR count). The molecule has 0 unspecified atom stereocenters. The highest BCUT2D eigenvalue weighted by Crippen LogP contribution is 2.47. The highest BCUT2D eigenvalue weighted by Gasteiger charge is 2.33. The molecule has 0 radical (unpaired) electrons. The minimum atomic E-state index is -0.0935. The molecule has 1 N–H and O–H groups in total. The Morgan fingerprint density at radius 2 is 2.00 bits per heavy atom. The number of anilines is 1. The number of rotatable bonds is 4. The summed E-state index contributed by atoms with van der Waals surface area (Å²) in [6.07, 6.45) is 5.70. The Bertz CT molecular complexity index is 885. The van der Waals surface area contributed by atoms with E-state index in [9.17, 15) is 4.79 Å². The van der Waals surface area contributed by atoms with Crippen LogP contribution in [0.1, 0.15) is 39.6 Å². The van der Waals surface area contributed by atoms with Crippen molar-refractivity contribution in [2.75, 3.05) is 5.32 Å². The number of nitrogens with zero attached hydrogens (tertiary/aromatic N) is 2. The third kappa shape index (κ3) is 2.95. The molecule has 1 aliphatic carbocycles. The maximum absolute atomic E-state index is 12.8. The van der Waals surface area contributed by atoms with Crippen molar-refractivity contribution in [3.63, 3.8) is 0 Å². The van der Waals surface area contributed by atoms with E-state index in [0.29, 0.717) is 5.92 Å². The smallest absolute Gasteiger partial charge is 0.267 e. The van der Waals surface area contributed by atoms with Gasteiger partial charge in [0.15, 0.2) is 0 Å². The lowest BCUT2D eigenvalue weighted by Gasteiger charge is -2.07. The third-order valence-corrected chi connectivity index (χ3v) is 4.96. The summed E-state index contributed by atoms with van der Waals surface area (Å²) in [7, 11) is 0. The summed E-state index contributed by atoms with van der Waals surface area (Å²) < 4.78 is 4.59. The zero-order chi connectivity index (χ0) is 16.5. The molecule has 24 heavy (non-hydrogen) atoms. The largest absolute Gasteiger partial charge is 0.320 e. The number of hydrogen-bond acceptors (Lipinski definition) is 4. The SMILES string of the molecule is Cc1cncc(NC(=O)c2snc(-c3ccccc3)c2C2CC2)c1. The molecule has 2 heterocycles. The van der Waals surface area contributed by atoms with Crippen molar-refractivity contribution in [2.45, 2.75) is 25.7 Å². The van der Waals surface area contributed by atoms with E-state index in [0.717, 1.165) is 45.8 Å². The van der Waals surface area contributed by atoms with Crippen LogP contribution >= 0.6 is 11.5 Å². The van der Waals surface area contributed by atoms with Gasteiger partial charge in [0.05, 0.1) is 17.6 Å². The second-order valence-electron chi connectivity index (χ2n) is 6.12. The monoisotopic (exact) mass is 335 g/mol.